The Hall–Kier alpha value is -2.49. The fourth-order valence-corrected chi connectivity index (χ4v) is 2.22. The molecule has 0 bridgehead atoms. The van der Waals surface area contributed by atoms with Crippen molar-refractivity contribution in [1.29, 1.82) is 0 Å². The molecule has 3 aromatic rings. The van der Waals surface area contributed by atoms with Crippen LogP contribution >= 0.6 is 0 Å². The van der Waals surface area contributed by atoms with Crippen LogP contribution in [0.15, 0.2) is 42.7 Å². The van der Waals surface area contributed by atoms with Gasteiger partial charge in [0.15, 0.2) is 5.82 Å². The van der Waals surface area contributed by atoms with E-state index in [1.807, 2.05) is 30.7 Å². The largest absolute Gasteiger partial charge is 0.279 e. The first-order chi connectivity index (χ1) is 9.66. The number of imidazole rings is 1. The smallest absolute Gasteiger partial charge is 0.164 e. The van der Waals surface area contributed by atoms with Crippen molar-refractivity contribution < 1.29 is 0 Å². The van der Waals surface area contributed by atoms with Crippen LogP contribution in [-0.4, -0.2) is 19.7 Å². The van der Waals surface area contributed by atoms with Gasteiger partial charge in [-0.25, -0.2) is 4.98 Å². The van der Waals surface area contributed by atoms with Crippen molar-refractivity contribution in [3.8, 4) is 17.2 Å². The van der Waals surface area contributed by atoms with E-state index in [-0.39, 0.29) is 0 Å². The molecule has 4 nitrogen and oxygen atoms in total. The van der Waals surface area contributed by atoms with Crippen molar-refractivity contribution in [2.45, 2.75) is 20.8 Å². The third kappa shape index (κ3) is 2.09. The minimum absolute atomic E-state index is 0.832. The Balaban J connectivity index is 2.20. The van der Waals surface area contributed by atoms with Crippen LogP contribution in [0.4, 0.5) is 0 Å². The van der Waals surface area contributed by atoms with E-state index in [1.165, 1.54) is 5.56 Å². The van der Waals surface area contributed by atoms with Crippen molar-refractivity contribution in [3.63, 3.8) is 0 Å². The molecule has 0 amide bonds. The first kappa shape index (κ1) is 12.5. The van der Waals surface area contributed by atoms with E-state index in [0.717, 1.165) is 28.5 Å². The zero-order valence-electron chi connectivity index (χ0n) is 11.8. The van der Waals surface area contributed by atoms with Gasteiger partial charge in [-0.05, 0) is 32.4 Å². The van der Waals surface area contributed by atoms with Gasteiger partial charge in [0.2, 0.25) is 0 Å². The normalized spacial score (nSPS) is 10.8. The van der Waals surface area contributed by atoms with Gasteiger partial charge < -0.3 is 0 Å². The minimum Gasteiger partial charge on any atom is -0.279 e. The van der Waals surface area contributed by atoms with Crippen LogP contribution in [0.1, 0.15) is 16.8 Å². The molecular weight excluding hydrogens is 248 g/mol. The molecule has 0 N–H and O–H groups in total. The Bertz CT molecular complexity index is 741. The van der Waals surface area contributed by atoms with Crippen molar-refractivity contribution >= 4 is 0 Å². The molecule has 0 radical (unpaired) electrons. The van der Waals surface area contributed by atoms with Crippen molar-refractivity contribution in [2.75, 3.05) is 0 Å². The topological polar surface area (TPSA) is 43.6 Å². The van der Waals surface area contributed by atoms with E-state index < -0.39 is 0 Å². The molecule has 0 saturated heterocycles. The second-order valence-electron chi connectivity index (χ2n) is 4.96. The fraction of sp³-hybridized carbons (Fsp3) is 0.188. The number of nitrogens with zero attached hydrogens (tertiary/aromatic N) is 4. The number of aryl methyl sites for hydroxylation is 3. The van der Waals surface area contributed by atoms with Crippen LogP contribution in [0.5, 0.6) is 0 Å². The zero-order valence-corrected chi connectivity index (χ0v) is 11.8. The van der Waals surface area contributed by atoms with Gasteiger partial charge in [-0.2, -0.15) is 5.10 Å². The molecule has 2 aromatic heterocycles. The molecule has 2 heterocycles. The van der Waals surface area contributed by atoms with Crippen LogP contribution in [0.2, 0.25) is 0 Å². The third-order valence-electron chi connectivity index (χ3n) is 3.36. The molecular formula is C16H16N4. The SMILES string of the molecule is Cc1ccc(-c2ncc(C)n2-c2nnccc2C)cc1. The molecule has 0 spiro atoms. The highest BCUT2D eigenvalue weighted by atomic mass is 15.2. The molecule has 0 aliphatic rings. The van der Waals surface area contributed by atoms with Gasteiger partial charge in [0.25, 0.3) is 0 Å². The summed E-state index contributed by atoms with van der Waals surface area (Å²) in [6.45, 7) is 6.13. The van der Waals surface area contributed by atoms with Crippen LogP contribution in [0.3, 0.4) is 0 Å². The molecule has 20 heavy (non-hydrogen) atoms. The molecule has 0 saturated carbocycles. The lowest BCUT2D eigenvalue weighted by molar-refractivity contribution is 0.882. The van der Waals surface area contributed by atoms with Crippen LogP contribution in [0.25, 0.3) is 17.2 Å². The summed E-state index contributed by atoms with van der Waals surface area (Å²) in [6.07, 6.45) is 3.57. The Morgan fingerprint density at radius 2 is 1.70 bits per heavy atom. The van der Waals surface area contributed by atoms with Gasteiger partial charge >= 0.3 is 0 Å². The minimum atomic E-state index is 0.832. The van der Waals surface area contributed by atoms with E-state index in [4.69, 9.17) is 0 Å². The molecule has 100 valence electrons. The maximum Gasteiger partial charge on any atom is 0.164 e. The zero-order chi connectivity index (χ0) is 14.1. The first-order valence-electron chi connectivity index (χ1n) is 6.57. The van der Waals surface area contributed by atoms with Gasteiger partial charge in [-0.15, -0.1) is 5.10 Å². The number of aromatic nitrogens is 4. The van der Waals surface area contributed by atoms with Gasteiger partial charge in [-0.1, -0.05) is 29.8 Å². The van der Waals surface area contributed by atoms with E-state index in [1.54, 1.807) is 6.20 Å². The number of benzene rings is 1. The van der Waals surface area contributed by atoms with Crippen molar-refractivity contribution in [2.24, 2.45) is 0 Å². The number of hydrogen-bond donors (Lipinski definition) is 0. The fourth-order valence-electron chi connectivity index (χ4n) is 2.22. The van der Waals surface area contributed by atoms with Crippen LogP contribution < -0.4 is 0 Å². The van der Waals surface area contributed by atoms with E-state index in [9.17, 15) is 0 Å². The lowest BCUT2D eigenvalue weighted by Gasteiger charge is -2.11. The molecule has 0 atom stereocenters. The van der Waals surface area contributed by atoms with Crippen molar-refractivity contribution in [1.82, 2.24) is 19.7 Å². The van der Waals surface area contributed by atoms with Gasteiger partial charge in [0.1, 0.15) is 5.82 Å². The third-order valence-corrected chi connectivity index (χ3v) is 3.36. The second-order valence-corrected chi connectivity index (χ2v) is 4.96. The number of rotatable bonds is 2. The van der Waals surface area contributed by atoms with Crippen LogP contribution in [-0.2, 0) is 0 Å². The Morgan fingerprint density at radius 1 is 0.950 bits per heavy atom. The highest BCUT2D eigenvalue weighted by Gasteiger charge is 2.13. The van der Waals surface area contributed by atoms with Gasteiger partial charge in [0.05, 0.1) is 6.20 Å². The molecule has 0 aliphatic carbocycles. The molecule has 0 unspecified atom stereocenters. The summed E-state index contributed by atoms with van der Waals surface area (Å²) in [4.78, 5) is 4.53. The average Bonchev–Trinajstić information content (AvgIpc) is 2.82. The second kappa shape index (κ2) is 4.89. The Kier molecular flexibility index (Phi) is 3.06. The molecule has 3 rings (SSSR count). The van der Waals surface area contributed by atoms with Crippen LogP contribution in [0, 0.1) is 20.8 Å². The summed E-state index contributed by atoms with van der Waals surface area (Å²) < 4.78 is 2.05. The monoisotopic (exact) mass is 264 g/mol. The summed E-state index contributed by atoms with van der Waals surface area (Å²) in [5.41, 5.74) is 4.44. The number of hydrogen-bond acceptors (Lipinski definition) is 3. The summed E-state index contributed by atoms with van der Waals surface area (Å²) in [6, 6.07) is 10.3. The van der Waals surface area contributed by atoms with Gasteiger partial charge in [0, 0.05) is 17.5 Å². The lowest BCUT2D eigenvalue weighted by Crippen LogP contribution is -2.05. The molecule has 1 aromatic carbocycles. The maximum absolute atomic E-state index is 4.53. The summed E-state index contributed by atoms with van der Waals surface area (Å²) in [5.74, 6) is 1.73. The molecule has 0 aliphatic heterocycles. The molecule has 4 heteroatoms. The maximum atomic E-state index is 4.53. The van der Waals surface area contributed by atoms with Gasteiger partial charge in [-0.3, -0.25) is 4.57 Å². The standard InChI is InChI=1S/C16H16N4/c1-11-4-6-14(7-5-11)16-17-10-13(3)20(16)15-12(2)8-9-18-19-15/h4-10H,1-3H3. The molecule has 0 fully saturated rings. The van der Waals surface area contributed by atoms with Crippen molar-refractivity contribution in [3.05, 3.63) is 59.5 Å². The van der Waals surface area contributed by atoms with E-state index in [2.05, 4.69) is 46.4 Å². The lowest BCUT2D eigenvalue weighted by atomic mass is 10.1. The first-order valence-corrected chi connectivity index (χ1v) is 6.57. The van der Waals surface area contributed by atoms with E-state index >= 15 is 0 Å². The summed E-state index contributed by atoms with van der Waals surface area (Å²) in [7, 11) is 0. The Morgan fingerprint density at radius 3 is 2.40 bits per heavy atom. The van der Waals surface area contributed by atoms with E-state index in [0.29, 0.717) is 0 Å². The average molecular weight is 264 g/mol. The quantitative estimate of drug-likeness (QED) is 0.713. The summed E-state index contributed by atoms with van der Waals surface area (Å²) in [5, 5.41) is 8.25. The predicted molar refractivity (Wildman–Crippen MR) is 78.8 cm³/mol. The summed E-state index contributed by atoms with van der Waals surface area (Å²) >= 11 is 0. The predicted octanol–water partition coefficient (Wildman–Crippen LogP) is 3.25. The highest BCUT2D eigenvalue weighted by molar-refractivity contribution is 5.59. The Labute approximate surface area is 118 Å². The highest BCUT2D eigenvalue weighted by Crippen LogP contribution is 2.24.